The molecule has 0 saturated carbocycles. The minimum Gasteiger partial charge on any atom is -0.307 e. The van der Waals surface area contributed by atoms with E-state index in [0.717, 1.165) is 30.2 Å². The molecule has 0 spiro atoms. The van der Waals surface area contributed by atoms with Crippen molar-refractivity contribution in [2.24, 2.45) is 0 Å². The number of nitrogens with one attached hydrogen (secondary N) is 1. The third kappa shape index (κ3) is 3.42. The van der Waals surface area contributed by atoms with E-state index in [2.05, 4.69) is 29.1 Å². The first-order valence-electron chi connectivity index (χ1n) is 5.16. The second-order valence-electron chi connectivity index (χ2n) is 3.76. The van der Waals surface area contributed by atoms with Gasteiger partial charge in [0.15, 0.2) is 0 Å². The Bertz CT molecular complexity index is 276. The first-order chi connectivity index (χ1) is 6.61. The van der Waals surface area contributed by atoms with Crippen molar-refractivity contribution in [2.75, 3.05) is 0 Å². The van der Waals surface area contributed by atoms with Crippen LogP contribution in [0.3, 0.4) is 0 Å². The fraction of sp³-hybridized carbons (Fsp3) is 0.636. The summed E-state index contributed by atoms with van der Waals surface area (Å²) >= 11 is 0. The maximum atomic E-state index is 4.37. The molecule has 0 fully saturated rings. The smallest absolute Gasteiger partial charge is 0.142 e. The van der Waals surface area contributed by atoms with E-state index in [9.17, 15) is 0 Å². The van der Waals surface area contributed by atoms with Crippen molar-refractivity contribution < 1.29 is 0 Å². The Kier molecular flexibility index (Phi) is 4.01. The molecule has 1 atom stereocenters. The highest BCUT2D eigenvalue weighted by Gasteiger charge is 2.01. The highest BCUT2D eigenvalue weighted by Crippen LogP contribution is 1.99. The Morgan fingerprint density at radius 3 is 2.36 bits per heavy atom. The number of aryl methyl sites for hydroxylation is 2. The Labute approximate surface area is 86.0 Å². The first-order valence-corrected chi connectivity index (χ1v) is 5.16. The molecule has 0 saturated heterocycles. The van der Waals surface area contributed by atoms with Gasteiger partial charge in [-0.2, -0.15) is 0 Å². The van der Waals surface area contributed by atoms with Crippen LogP contribution >= 0.6 is 0 Å². The summed E-state index contributed by atoms with van der Waals surface area (Å²) in [6.45, 7) is 9.10. The van der Waals surface area contributed by atoms with Gasteiger partial charge in [0.05, 0.1) is 6.54 Å². The van der Waals surface area contributed by atoms with Gasteiger partial charge in [-0.15, -0.1) is 0 Å². The maximum absolute atomic E-state index is 4.37. The lowest BCUT2D eigenvalue weighted by molar-refractivity contribution is 0.521. The summed E-state index contributed by atoms with van der Waals surface area (Å²) in [4.78, 5) is 8.73. The minimum absolute atomic E-state index is 0.527. The first kappa shape index (κ1) is 11.1. The third-order valence-electron chi connectivity index (χ3n) is 2.25. The van der Waals surface area contributed by atoms with Crippen LogP contribution in [0.4, 0.5) is 0 Å². The van der Waals surface area contributed by atoms with Gasteiger partial charge in [-0.05, 0) is 33.3 Å². The molecule has 1 N–H and O–H groups in total. The molecule has 3 nitrogen and oxygen atoms in total. The lowest BCUT2D eigenvalue weighted by Gasteiger charge is -2.10. The summed E-state index contributed by atoms with van der Waals surface area (Å²) < 4.78 is 0. The molecule has 0 aliphatic carbocycles. The van der Waals surface area contributed by atoms with E-state index in [-0.39, 0.29) is 0 Å². The lowest BCUT2D eigenvalue weighted by Crippen LogP contribution is -2.25. The molecule has 78 valence electrons. The summed E-state index contributed by atoms with van der Waals surface area (Å²) in [7, 11) is 0. The van der Waals surface area contributed by atoms with Crippen LogP contribution in [-0.2, 0) is 6.54 Å². The van der Waals surface area contributed by atoms with Gasteiger partial charge >= 0.3 is 0 Å². The average molecular weight is 193 g/mol. The molecular weight excluding hydrogens is 174 g/mol. The fourth-order valence-corrected chi connectivity index (χ4v) is 1.29. The van der Waals surface area contributed by atoms with Crippen molar-refractivity contribution in [2.45, 2.75) is 46.7 Å². The van der Waals surface area contributed by atoms with Crippen LogP contribution in [0.25, 0.3) is 0 Å². The largest absolute Gasteiger partial charge is 0.307 e. The SMILES string of the molecule is CCC(C)NCc1nc(C)cc(C)n1. The van der Waals surface area contributed by atoms with Crippen molar-refractivity contribution in [1.29, 1.82) is 0 Å². The van der Waals surface area contributed by atoms with Gasteiger partial charge in [0, 0.05) is 17.4 Å². The molecule has 0 aliphatic heterocycles. The van der Waals surface area contributed by atoms with E-state index in [1.54, 1.807) is 0 Å². The van der Waals surface area contributed by atoms with Gasteiger partial charge in [0.2, 0.25) is 0 Å². The van der Waals surface area contributed by atoms with Crippen LogP contribution < -0.4 is 5.32 Å². The molecule has 1 heterocycles. The zero-order chi connectivity index (χ0) is 10.6. The van der Waals surface area contributed by atoms with Crippen LogP contribution in [0, 0.1) is 13.8 Å². The third-order valence-corrected chi connectivity index (χ3v) is 2.25. The minimum atomic E-state index is 0.527. The quantitative estimate of drug-likeness (QED) is 0.794. The molecule has 1 rings (SSSR count). The monoisotopic (exact) mass is 193 g/mol. The molecule has 0 aliphatic rings. The molecule has 0 aromatic carbocycles. The summed E-state index contributed by atoms with van der Waals surface area (Å²) in [5.41, 5.74) is 2.08. The van der Waals surface area contributed by atoms with Crippen molar-refractivity contribution in [3.63, 3.8) is 0 Å². The van der Waals surface area contributed by atoms with E-state index in [0.29, 0.717) is 6.04 Å². The van der Waals surface area contributed by atoms with Gasteiger partial charge in [-0.3, -0.25) is 0 Å². The summed E-state index contributed by atoms with van der Waals surface area (Å²) in [6.07, 6.45) is 1.13. The lowest BCUT2D eigenvalue weighted by atomic mass is 10.2. The maximum Gasteiger partial charge on any atom is 0.142 e. The van der Waals surface area contributed by atoms with Gasteiger partial charge in [0.1, 0.15) is 5.82 Å². The number of aromatic nitrogens is 2. The van der Waals surface area contributed by atoms with Crippen molar-refractivity contribution in [1.82, 2.24) is 15.3 Å². The van der Waals surface area contributed by atoms with Crippen LogP contribution in [0.2, 0.25) is 0 Å². The van der Waals surface area contributed by atoms with Crippen molar-refractivity contribution in [3.8, 4) is 0 Å². The summed E-state index contributed by atoms with van der Waals surface area (Å²) in [6, 6.07) is 2.52. The topological polar surface area (TPSA) is 37.8 Å². The van der Waals surface area contributed by atoms with E-state index in [1.807, 2.05) is 19.9 Å². The van der Waals surface area contributed by atoms with Gasteiger partial charge in [-0.1, -0.05) is 6.92 Å². The summed E-state index contributed by atoms with van der Waals surface area (Å²) in [5, 5.41) is 3.38. The molecule has 3 heteroatoms. The molecular formula is C11H19N3. The van der Waals surface area contributed by atoms with E-state index < -0.39 is 0 Å². The molecule has 0 radical (unpaired) electrons. The van der Waals surface area contributed by atoms with E-state index >= 15 is 0 Å². The zero-order valence-corrected chi connectivity index (χ0v) is 9.46. The number of rotatable bonds is 4. The number of hydrogen-bond acceptors (Lipinski definition) is 3. The second-order valence-corrected chi connectivity index (χ2v) is 3.76. The van der Waals surface area contributed by atoms with Gasteiger partial charge in [0.25, 0.3) is 0 Å². The Balaban J connectivity index is 2.58. The Hall–Kier alpha value is -0.960. The Morgan fingerprint density at radius 2 is 1.86 bits per heavy atom. The zero-order valence-electron chi connectivity index (χ0n) is 9.46. The van der Waals surface area contributed by atoms with Crippen LogP contribution in [0.5, 0.6) is 0 Å². The molecule has 0 amide bonds. The standard InChI is InChI=1S/C11H19N3/c1-5-8(2)12-7-11-13-9(3)6-10(4)14-11/h6,8,12H,5,7H2,1-4H3. The van der Waals surface area contributed by atoms with Gasteiger partial charge < -0.3 is 5.32 Å². The highest BCUT2D eigenvalue weighted by molar-refractivity contribution is 5.08. The summed E-state index contributed by atoms with van der Waals surface area (Å²) in [5.74, 6) is 0.891. The Morgan fingerprint density at radius 1 is 1.29 bits per heavy atom. The fourth-order valence-electron chi connectivity index (χ4n) is 1.29. The molecule has 1 aromatic rings. The number of nitrogens with zero attached hydrogens (tertiary/aromatic N) is 2. The van der Waals surface area contributed by atoms with E-state index in [1.165, 1.54) is 0 Å². The van der Waals surface area contributed by atoms with Crippen LogP contribution in [0.15, 0.2) is 6.07 Å². The highest BCUT2D eigenvalue weighted by atomic mass is 15.0. The van der Waals surface area contributed by atoms with Crippen molar-refractivity contribution >= 4 is 0 Å². The number of hydrogen-bond donors (Lipinski definition) is 1. The molecule has 0 bridgehead atoms. The van der Waals surface area contributed by atoms with E-state index in [4.69, 9.17) is 0 Å². The van der Waals surface area contributed by atoms with Gasteiger partial charge in [-0.25, -0.2) is 9.97 Å². The average Bonchev–Trinajstić information content (AvgIpc) is 2.12. The molecule has 14 heavy (non-hydrogen) atoms. The van der Waals surface area contributed by atoms with Crippen LogP contribution in [0.1, 0.15) is 37.5 Å². The predicted molar refractivity (Wildman–Crippen MR) is 58.1 cm³/mol. The molecule has 1 aromatic heterocycles. The van der Waals surface area contributed by atoms with Crippen LogP contribution in [-0.4, -0.2) is 16.0 Å². The van der Waals surface area contributed by atoms with Crippen molar-refractivity contribution in [3.05, 3.63) is 23.3 Å². The predicted octanol–water partition coefficient (Wildman–Crippen LogP) is 1.98. The molecule has 1 unspecified atom stereocenters. The normalized spacial score (nSPS) is 12.9. The second kappa shape index (κ2) is 5.05.